The van der Waals surface area contributed by atoms with Gasteiger partial charge in [0.15, 0.2) is 0 Å². The molecular weight excluding hydrogens is 334 g/mol. The van der Waals surface area contributed by atoms with Crippen molar-refractivity contribution in [2.24, 2.45) is 5.92 Å². The minimum absolute atomic E-state index is 0.238. The van der Waals surface area contributed by atoms with Gasteiger partial charge in [-0.05, 0) is 46.6 Å². The van der Waals surface area contributed by atoms with Crippen LogP contribution in [0.5, 0.6) is 0 Å². The largest absolute Gasteiger partial charge is 0.481 e. The molecule has 0 bridgehead atoms. The highest BCUT2D eigenvalue weighted by atomic mass is 32.2. The van der Waals surface area contributed by atoms with E-state index in [4.69, 9.17) is 0 Å². The van der Waals surface area contributed by atoms with Gasteiger partial charge in [-0.1, -0.05) is 42.5 Å². The van der Waals surface area contributed by atoms with Gasteiger partial charge in [0.25, 0.3) is 5.91 Å². The summed E-state index contributed by atoms with van der Waals surface area (Å²) in [7, 11) is 0. The van der Waals surface area contributed by atoms with Crippen LogP contribution in [0, 0.1) is 5.92 Å². The van der Waals surface area contributed by atoms with Crippen molar-refractivity contribution in [1.82, 2.24) is 5.32 Å². The van der Waals surface area contributed by atoms with Crippen LogP contribution >= 0.6 is 11.8 Å². The van der Waals surface area contributed by atoms with Gasteiger partial charge in [-0.3, -0.25) is 9.59 Å². The zero-order valence-electron chi connectivity index (χ0n) is 13.4. The van der Waals surface area contributed by atoms with Crippen molar-refractivity contribution in [1.29, 1.82) is 0 Å². The minimum atomic E-state index is -0.896. The maximum absolute atomic E-state index is 12.5. The number of hydrogen-bond acceptors (Lipinski definition) is 3. The van der Waals surface area contributed by atoms with Crippen molar-refractivity contribution in [3.63, 3.8) is 0 Å². The molecule has 126 valence electrons. The molecule has 0 aromatic heterocycles. The monoisotopic (exact) mass is 351 g/mol. The molecule has 1 amide bonds. The highest BCUT2D eigenvalue weighted by molar-refractivity contribution is 8.04. The summed E-state index contributed by atoms with van der Waals surface area (Å²) in [6.07, 6.45) is 1.74. The maximum Gasteiger partial charge on any atom is 0.314 e. The van der Waals surface area contributed by atoms with Crippen LogP contribution in [0.4, 0.5) is 0 Å². The van der Waals surface area contributed by atoms with E-state index < -0.39 is 17.3 Å². The Morgan fingerprint density at radius 3 is 2.48 bits per heavy atom. The fraction of sp³-hybridized carbons (Fsp3) is 0.200. The number of amides is 1. The minimum Gasteiger partial charge on any atom is -0.481 e. The first-order chi connectivity index (χ1) is 12.1. The second kappa shape index (κ2) is 6.41. The highest BCUT2D eigenvalue weighted by Gasteiger charge is 2.43. The lowest BCUT2D eigenvalue weighted by Crippen LogP contribution is -2.39. The molecule has 0 saturated heterocycles. The van der Waals surface area contributed by atoms with E-state index >= 15 is 0 Å². The molecule has 2 N–H and O–H groups in total. The van der Waals surface area contributed by atoms with Crippen LogP contribution in [0.2, 0.25) is 0 Å². The Morgan fingerprint density at radius 1 is 1.00 bits per heavy atom. The molecule has 2 unspecified atom stereocenters. The van der Waals surface area contributed by atoms with Crippen molar-refractivity contribution >= 4 is 29.2 Å². The van der Waals surface area contributed by atoms with Crippen molar-refractivity contribution in [2.45, 2.75) is 18.2 Å². The molecule has 1 heterocycles. The van der Waals surface area contributed by atoms with Crippen LogP contribution in [-0.2, 0) is 11.2 Å². The van der Waals surface area contributed by atoms with Crippen LogP contribution in [0.1, 0.15) is 27.9 Å². The topological polar surface area (TPSA) is 66.4 Å². The normalized spacial score (nSPS) is 21.4. The van der Waals surface area contributed by atoms with Crippen LogP contribution in [0.15, 0.2) is 59.5 Å². The standard InChI is InChI=1S/C20H17NO3S/c22-18(13-7-2-1-3-8-13)21-19-17(20(23)24)16-14-9-5-4-6-12(14)10-11-15(16)25-19/h1-9,17,19H,10-11H2,(H,21,22)(H,23,24). The van der Waals surface area contributed by atoms with E-state index in [1.807, 2.05) is 24.3 Å². The molecule has 2 atom stereocenters. The van der Waals surface area contributed by atoms with Gasteiger partial charge in [0.05, 0.1) is 5.37 Å². The van der Waals surface area contributed by atoms with Crippen molar-refractivity contribution in [3.05, 3.63) is 76.2 Å². The summed E-state index contributed by atoms with van der Waals surface area (Å²) in [5.74, 6) is -1.86. The molecule has 1 aliphatic carbocycles. The predicted molar refractivity (Wildman–Crippen MR) is 98.1 cm³/mol. The summed E-state index contributed by atoms with van der Waals surface area (Å²) < 4.78 is 0. The molecule has 0 spiro atoms. The molecule has 1 aliphatic heterocycles. The fourth-order valence-corrected chi connectivity index (χ4v) is 4.98. The van der Waals surface area contributed by atoms with Crippen molar-refractivity contribution in [2.75, 3.05) is 0 Å². The molecule has 0 radical (unpaired) electrons. The number of rotatable bonds is 3. The number of carboxylic acids is 1. The predicted octanol–water partition coefficient (Wildman–Crippen LogP) is 3.55. The van der Waals surface area contributed by atoms with Gasteiger partial charge in [0.1, 0.15) is 5.92 Å². The number of carbonyl (C=O) groups excluding carboxylic acids is 1. The van der Waals surface area contributed by atoms with E-state index in [0.717, 1.165) is 28.9 Å². The molecule has 4 nitrogen and oxygen atoms in total. The molecular formula is C20H17NO3S. The van der Waals surface area contributed by atoms with E-state index in [2.05, 4.69) is 11.4 Å². The average molecular weight is 351 g/mol. The van der Waals surface area contributed by atoms with E-state index in [9.17, 15) is 14.7 Å². The number of hydrogen-bond donors (Lipinski definition) is 2. The molecule has 2 aromatic rings. The first-order valence-corrected chi connectivity index (χ1v) is 9.10. The summed E-state index contributed by atoms with van der Waals surface area (Å²) in [5, 5.41) is 12.3. The number of aryl methyl sites for hydroxylation is 1. The number of allylic oxidation sites excluding steroid dienone is 1. The van der Waals surface area contributed by atoms with Gasteiger partial charge in [-0.25, -0.2) is 0 Å². The van der Waals surface area contributed by atoms with Crippen LogP contribution in [0.25, 0.3) is 5.57 Å². The van der Waals surface area contributed by atoms with Gasteiger partial charge in [0.2, 0.25) is 0 Å². The Bertz CT molecular complexity index is 876. The fourth-order valence-electron chi connectivity index (χ4n) is 3.54. The van der Waals surface area contributed by atoms with Crippen molar-refractivity contribution < 1.29 is 14.7 Å². The summed E-state index contributed by atoms with van der Waals surface area (Å²) >= 11 is 1.48. The Labute approximate surface area is 149 Å². The molecule has 5 heteroatoms. The van der Waals surface area contributed by atoms with Gasteiger partial charge in [0, 0.05) is 5.56 Å². The molecule has 0 saturated carbocycles. The smallest absolute Gasteiger partial charge is 0.314 e. The number of benzene rings is 2. The van der Waals surface area contributed by atoms with Gasteiger partial charge >= 0.3 is 5.97 Å². The summed E-state index contributed by atoms with van der Waals surface area (Å²) in [5.41, 5.74) is 3.61. The Hall–Kier alpha value is -2.53. The molecule has 4 rings (SSSR count). The third-order valence-corrected chi connectivity index (χ3v) is 6.04. The number of nitrogens with one attached hydrogen (secondary N) is 1. The first kappa shape index (κ1) is 16.0. The maximum atomic E-state index is 12.5. The number of carboxylic acid groups (broad SMARTS) is 1. The van der Waals surface area contributed by atoms with E-state index in [0.29, 0.717) is 5.56 Å². The highest BCUT2D eigenvalue weighted by Crippen LogP contribution is 2.51. The second-order valence-corrected chi connectivity index (χ2v) is 7.42. The molecule has 0 fully saturated rings. The molecule has 2 aliphatic rings. The van der Waals surface area contributed by atoms with Crippen LogP contribution in [-0.4, -0.2) is 22.4 Å². The molecule has 2 aromatic carbocycles. The molecule has 25 heavy (non-hydrogen) atoms. The zero-order valence-corrected chi connectivity index (χ0v) is 14.3. The number of carbonyl (C=O) groups is 2. The second-order valence-electron chi connectivity index (χ2n) is 6.19. The average Bonchev–Trinajstić information content (AvgIpc) is 3.01. The van der Waals surface area contributed by atoms with Gasteiger partial charge < -0.3 is 10.4 Å². The first-order valence-electron chi connectivity index (χ1n) is 8.22. The summed E-state index contributed by atoms with van der Waals surface area (Å²) in [6, 6.07) is 16.9. The van der Waals surface area contributed by atoms with Gasteiger partial charge in [-0.2, -0.15) is 0 Å². The quantitative estimate of drug-likeness (QED) is 0.887. The summed E-state index contributed by atoms with van der Waals surface area (Å²) in [4.78, 5) is 25.6. The van der Waals surface area contributed by atoms with Crippen LogP contribution < -0.4 is 5.32 Å². The SMILES string of the molecule is O=C(NC1SC2=C(c3ccccc3CC2)C1C(=O)O)c1ccccc1. The number of fused-ring (bicyclic) bond motifs is 2. The van der Waals surface area contributed by atoms with Gasteiger partial charge in [-0.15, -0.1) is 11.8 Å². The van der Waals surface area contributed by atoms with Crippen LogP contribution in [0.3, 0.4) is 0 Å². The lowest BCUT2D eigenvalue weighted by molar-refractivity contribution is -0.139. The summed E-state index contributed by atoms with van der Waals surface area (Å²) in [6.45, 7) is 0. The third kappa shape index (κ3) is 2.85. The van der Waals surface area contributed by atoms with Crippen molar-refractivity contribution in [3.8, 4) is 0 Å². The lowest BCUT2D eigenvalue weighted by Gasteiger charge is -2.22. The third-order valence-electron chi connectivity index (χ3n) is 4.69. The number of thioether (sulfide) groups is 1. The van der Waals surface area contributed by atoms with E-state index in [1.54, 1.807) is 24.3 Å². The van der Waals surface area contributed by atoms with E-state index in [-0.39, 0.29) is 5.91 Å². The Morgan fingerprint density at radius 2 is 1.72 bits per heavy atom. The Kier molecular flexibility index (Phi) is 4.09. The zero-order chi connectivity index (χ0) is 17.4. The lowest BCUT2D eigenvalue weighted by atomic mass is 9.83. The number of aliphatic carboxylic acids is 1. The van der Waals surface area contributed by atoms with E-state index in [1.165, 1.54) is 17.3 Å². The Balaban J connectivity index is 1.65.